The van der Waals surface area contributed by atoms with Gasteiger partial charge in [0.25, 0.3) is 0 Å². The number of aryl methyl sites for hydroxylation is 1. The van der Waals surface area contributed by atoms with Crippen LogP contribution in [0.4, 0.5) is 11.4 Å². The van der Waals surface area contributed by atoms with Crippen LogP contribution in [0.15, 0.2) is 42.5 Å². The van der Waals surface area contributed by atoms with Gasteiger partial charge in [0.15, 0.2) is 0 Å². The Morgan fingerprint density at radius 1 is 1.24 bits per heavy atom. The summed E-state index contributed by atoms with van der Waals surface area (Å²) in [5.41, 5.74) is 9.44. The van der Waals surface area contributed by atoms with E-state index in [0.717, 1.165) is 17.0 Å². The van der Waals surface area contributed by atoms with Crippen LogP contribution < -0.4 is 15.8 Å². The average molecular weight is 281 g/mol. The molecule has 0 bridgehead atoms. The Morgan fingerprint density at radius 2 is 2.10 bits per heavy atom. The van der Waals surface area contributed by atoms with E-state index in [-0.39, 0.29) is 0 Å². The maximum Gasteiger partial charge on any atom is 0.119 e. The number of benzene rings is 2. The summed E-state index contributed by atoms with van der Waals surface area (Å²) in [7, 11) is 0. The van der Waals surface area contributed by atoms with Gasteiger partial charge in [0.05, 0.1) is 12.5 Å². The number of nitrogens with zero attached hydrogens (tertiary/aromatic N) is 1. The molecular weight excluding hydrogens is 262 g/mol. The highest BCUT2D eigenvalue weighted by Crippen LogP contribution is 2.18. The van der Waals surface area contributed by atoms with E-state index in [1.165, 1.54) is 5.56 Å². The molecule has 0 heterocycles. The van der Waals surface area contributed by atoms with Crippen molar-refractivity contribution in [3.63, 3.8) is 0 Å². The number of nitrogens with one attached hydrogen (secondary N) is 1. The average Bonchev–Trinajstić information content (AvgIpc) is 2.47. The number of nitriles is 1. The van der Waals surface area contributed by atoms with Crippen LogP contribution in [0.1, 0.15) is 11.1 Å². The Bertz CT molecular complexity index is 647. The van der Waals surface area contributed by atoms with Gasteiger partial charge in [0.1, 0.15) is 12.4 Å². The van der Waals surface area contributed by atoms with E-state index in [0.29, 0.717) is 25.3 Å². The first kappa shape index (κ1) is 14.7. The van der Waals surface area contributed by atoms with Gasteiger partial charge in [0.2, 0.25) is 0 Å². The Kier molecular flexibility index (Phi) is 5.05. The van der Waals surface area contributed by atoms with Crippen LogP contribution in [-0.2, 0) is 6.42 Å². The lowest BCUT2D eigenvalue weighted by atomic mass is 10.1. The summed E-state index contributed by atoms with van der Waals surface area (Å²) >= 11 is 0. The first-order chi connectivity index (χ1) is 10.2. The van der Waals surface area contributed by atoms with Gasteiger partial charge in [-0.25, -0.2) is 0 Å². The zero-order valence-corrected chi connectivity index (χ0v) is 12.1. The fourth-order valence-corrected chi connectivity index (χ4v) is 2.02. The molecule has 0 atom stereocenters. The summed E-state index contributed by atoms with van der Waals surface area (Å²) < 4.78 is 5.67. The van der Waals surface area contributed by atoms with Gasteiger partial charge in [-0.15, -0.1) is 0 Å². The maximum atomic E-state index is 8.75. The van der Waals surface area contributed by atoms with E-state index >= 15 is 0 Å². The van der Waals surface area contributed by atoms with Crippen LogP contribution in [0, 0.1) is 18.3 Å². The Morgan fingerprint density at radius 3 is 2.86 bits per heavy atom. The van der Waals surface area contributed by atoms with Crippen molar-refractivity contribution in [1.29, 1.82) is 5.26 Å². The number of nitrogens with two attached hydrogens (primary N) is 1. The summed E-state index contributed by atoms with van der Waals surface area (Å²) in [4.78, 5) is 0. The van der Waals surface area contributed by atoms with Crippen molar-refractivity contribution < 1.29 is 4.74 Å². The highest BCUT2D eigenvalue weighted by atomic mass is 16.5. The fourth-order valence-electron chi connectivity index (χ4n) is 2.02. The smallest absolute Gasteiger partial charge is 0.119 e. The molecule has 0 aromatic heterocycles. The topological polar surface area (TPSA) is 71.1 Å². The van der Waals surface area contributed by atoms with Crippen molar-refractivity contribution in [1.82, 2.24) is 0 Å². The van der Waals surface area contributed by atoms with E-state index in [2.05, 4.69) is 11.4 Å². The SMILES string of the molecule is Cc1cccc(OCCNc2ccc(N)c(CC#N)c2)c1. The second-order valence-corrected chi connectivity index (χ2v) is 4.84. The van der Waals surface area contributed by atoms with Crippen molar-refractivity contribution in [2.45, 2.75) is 13.3 Å². The number of ether oxygens (including phenoxy) is 1. The maximum absolute atomic E-state index is 8.75. The Balaban J connectivity index is 1.83. The van der Waals surface area contributed by atoms with E-state index < -0.39 is 0 Å². The van der Waals surface area contributed by atoms with Crippen molar-refractivity contribution >= 4 is 11.4 Å². The summed E-state index contributed by atoms with van der Waals surface area (Å²) in [6.07, 6.45) is 0.321. The summed E-state index contributed by atoms with van der Waals surface area (Å²) in [5, 5.41) is 12.0. The van der Waals surface area contributed by atoms with Crippen LogP contribution in [0.25, 0.3) is 0 Å². The molecule has 4 nitrogen and oxygen atoms in total. The highest BCUT2D eigenvalue weighted by molar-refractivity contribution is 5.58. The number of rotatable bonds is 6. The molecule has 3 N–H and O–H groups in total. The van der Waals surface area contributed by atoms with E-state index in [9.17, 15) is 0 Å². The van der Waals surface area contributed by atoms with Crippen molar-refractivity contribution in [2.75, 3.05) is 24.2 Å². The molecule has 0 aliphatic rings. The van der Waals surface area contributed by atoms with E-state index in [1.807, 2.05) is 49.4 Å². The van der Waals surface area contributed by atoms with Gasteiger partial charge in [-0.3, -0.25) is 0 Å². The molecule has 0 saturated heterocycles. The lowest BCUT2D eigenvalue weighted by molar-refractivity contribution is 0.332. The molecule has 0 aliphatic heterocycles. The largest absolute Gasteiger partial charge is 0.492 e. The van der Waals surface area contributed by atoms with Crippen molar-refractivity contribution in [3.05, 3.63) is 53.6 Å². The molecule has 2 aromatic rings. The van der Waals surface area contributed by atoms with Gasteiger partial charge in [-0.1, -0.05) is 12.1 Å². The third-order valence-electron chi connectivity index (χ3n) is 3.10. The highest BCUT2D eigenvalue weighted by Gasteiger charge is 2.01. The minimum atomic E-state index is 0.321. The second-order valence-electron chi connectivity index (χ2n) is 4.84. The number of hydrogen-bond acceptors (Lipinski definition) is 4. The third-order valence-corrected chi connectivity index (χ3v) is 3.10. The van der Waals surface area contributed by atoms with Gasteiger partial charge in [-0.05, 0) is 48.4 Å². The lowest BCUT2D eigenvalue weighted by Gasteiger charge is -2.10. The van der Waals surface area contributed by atoms with Crippen LogP contribution >= 0.6 is 0 Å². The number of nitrogen functional groups attached to an aromatic ring is 1. The number of anilines is 2. The van der Waals surface area contributed by atoms with Gasteiger partial charge < -0.3 is 15.8 Å². The summed E-state index contributed by atoms with van der Waals surface area (Å²) in [6, 6.07) is 15.7. The third kappa shape index (κ3) is 4.43. The molecule has 0 spiro atoms. The van der Waals surface area contributed by atoms with E-state index in [4.69, 9.17) is 15.7 Å². The minimum Gasteiger partial charge on any atom is -0.492 e. The molecule has 0 unspecified atom stereocenters. The summed E-state index contributed by atoms with van der Waals surface area (Å²) in [5.74, 6) is 0.874. The zero-order chi connectivity index (χ0) is 15.1. The van der Waals surface area contributed by atoms with Crippen molar-refractivity contribution in [3.8, 4) is 11.8 Å². The predicted molar refractivity (Wildman–Crippen MR) is 85.3 cm³/mol. The molecular formula is C17H19N3O. The second kappa shape index (κ2) is 7.20. The number of hydrogen-bond donors (Lipinski definition) is 2. The van der Waals surface area contributed by atoms with Gasteiger partial charge >= 0.3 is 0 Å². The Labute approximate surface area is 125 Å². The zero-order valence-electron chi connectivity index (χ0n) is 12.1. The molecule has 0 amide bonds. The van der Waals surface area contributed by atoms with E-state index in [1.54, 1.807) is 0 Å². The van der Waals surface area contributed by atoms with Crippen LogP contribution in [-0.4, -0.2) is 13.2 Å². The van der Waals surface area contributed by atoms with Crippen LogP contribution in [0.2, 0.25) is 0 Å². The molecule has 108 valence electrons. The van der Waals surface area contributed by atoms with Crippen LogP contribution in [0.3, 0.4) is 0 Å². The molecule has 0 saturated carbocycles. The molecule has 2 aromatic carbocycles. The minimum absolute atomic E-state index is 0.321. The molecule has 0 aliphatic carbocycles. The standard InChI is InChI=1S/C17H19N3O/c1-13-3-2-4-16(11-13)21-10-9-20-15-5-6-17(19)14(12-15)7-8-18/h2-6,11-12,20H,7,9-10,19H2,1H3. The molecule has 4 heteroatoms. The fraction of sp³-hybridized carbons (Fsp3) is 0.235. The molecule has 0 fully saturated rings. The lowest BCUT2D eigenvalue weighted by Crippen LogP contribution is -2.11. The van der Waals surface area contributed by atoms with Crippen LogP contribution in [0.5, 0.6) is 5.75 Å². The molecule has 21 heavy (non-hydrogen) atoms. The molecule has 2 rings (SSSR count). The quantitative estimate of drug-likeness (QED) is 0.630. The monoisotopic (exact) mass is 281 g/mol. The first-order valence-electron chi connectivity index (χ1n) is 6.88. The predicted octanol–water partition coefficient (Wildman–Crippen LogP) is 3.13. The summed E-state index contributed by atoms with van der Waals surface area (Å²) in [6.45, 7) is 3.29. The molecule has 0 radical (unpaired) electrons. The van der Waals surface area contributed by atoms with Gasteiger partial charge in [0, 0.05) is 17.9 Å². The normalized spacial score (nSPS) is 9.90. The first-order valence-corrected chi connectivity index (χ1v) is 6.88. The van der Waals surface area contributed by atoms with Gasteiger partial charge in [-0.2, -0.15) is 5.26 Å². The van der Waals surface area contributed by atoms with Crippen molar-refractivity contribution in [2.24, 2.45) is 0 Å². The Hall–Kier alpha value is -2.67.